The molecule has 1 radical (unpaired) electrons. The zero-order valence-electron chi connectivity index (χ0n) is 5.93. The Bertz CT molecular complexity index is 191. The molecule has 0 spiro atoms. The van der Waals surface area contributed by atoms with Gasteiger partial charge in [0.15, 0.2) is 0 Å². The molecule has 10 heavy (non-hydrogen) atoms. The molecule has 0 fully saturated rings. The molecule has 53 valence electrons. The highest BCUT2D eigenvalue weighted by atomic mass is 15.0. The van der Waals surface area contributed by atoms with Gasteiger partial charge in [-0.1, -0.05) is 0 Å². The second-order valence-electron chi connectivity index (χ2n) is 2.69. The summed E-state index contributed by atoms with van der Waals surface area (Å²) >= 11 is 0. The third kappa shape index (κ3) is 0.897. The summed E-state index contributed by atoms with van der Waals surface area (Å²) in [5.41, 5.74) is 2.80. The third-order valence-corrected chi connectivity index (χ3v) is 1.98. The summed E-state index contributed by atoms with van der Waals surface area (Å²) < 4.78 is 0. The fourth-order valence-corrected chi connectivity index (χ4v) is 1.41. The monoisotopic (exact) mass is 135 g/mol. The predicted molar refractivity (Wildman–Crippen MR) is 40.4 cm³/mol. The van der Waals surface area contributed by atoms with Crippen molar-refractivity contribution in [3.05, 3.63) is 23.5 Å². The van der Waals surface area contributed by atoms with Crippen molar-refractivity contribution >= 4 is 0 Å². The van der Waals surface area contributed by atoms with Crippen LogP contribution in [0.1, 0.15) is 12.8 Å². The summed E-state index contributed by atoms with van der Waals surface area (Å²) in [6.45, 7) is 1.99. The molecule has 0 aromatic heterocycles. The van der Waals surface area contributed by atoms with E-state index in [1.54, 1.807) is 0 Å². The third-order valence-electron chi connectivity index (χ3n) is 1.98. The first-order valence-electron chi connectivity index (χ1n) is 3.76. The smallest absolute Gasteiger partial charge is 0.0788 e. The normalized spacial score (nSPS) is 23.2. The fourth-order valence-electron chi connectivity index (χ4n) is 1.41. The molecular formula is C8H11N2. The van der Waals surface area contributed by atoms with Gasteiger partial charge >= 0.3 is 0 Å². The number of nitrogens with zero attached hydrogens (tertiary/aromatic N) is 1. The van der Waals surface area contributed by atoms with Gasteiger partial charge in [-0.05, 0) is 24.5 Å². The largest absolute Gasteiger partial charge is 0.387 e. The van der Waals surface area contributed by atoms with Gasteiger partial charge in [0.25, 0.3) is 0 Å². The lowest BCUT2D eigenvalue weighted by molar-refractivity contribution is 0.634. The van der Waals surface area contributed by atoms with Crippen LogP contribution in [0, 0.1) is 0 Å². The van der Waals surface area contributed by atoms with Gasteiger partial charge in [0.1, 0.15) is 0 Å². The van der Waals surface area contributed by atoms with E-state index in [0.29, 0.717) is 0 Å². The van der Waals surface area contributed by atoms with Gasteiger partial charge in [-0.2, -0.15) is 0 Å². The number of hydrogen-bond acceptors (Lipinski definition) is 1. The Morgan fingerprint density at radius 2 is 2.50 bits per heavy atom. The van der Waals surface area contributed by atoms with Crippen LogP contribution in [0.25, 0.3) is 0 Å². The highest BCUT2D eigenvalue weighted by Gasteiger charge is 2.11. The lowest BCUT2D eigenvalue weighted by Crippen LogP contribution is -2.27. The molecule has 0 aromatic rings. The number of rotatable bonds is 0. The summed E-state index contributed by atoms with van der Waals surface area (Å²) in [7, 11) is 0. The Balaban J connectivity index is 2.23. The van der Waals surface area contributed by atoms with Gasteiger partial charge in [-0.15, -0.1) is 0 Å². The number of hydrogen-bond donors (Lipinski definition) is 1. The molecule has 2 nitrogen and oxygen atoms in total. The van der Waals surface area contributed by atoms with Gasteiger partial charge < -0.3 is 5.32 Å². The standard InChI is InChI=1S/C8H11N2/c1-2-7-3-5-9-6-8(7)10-4-1/h3,5,10H,1-2,4,6H2. The van der Waals surface area contributed by atoms with Crippen molar-refractivity contribution in [1.82, 2.24) is 10.6 Å². The molecule has 2 heterocycles. The summed E-state index contributed by atoms with van der Waals surface area (Å²) in [6.07, 6.45) is 6.52. The minimum Gasteiger partial charge on any atom is -0.387 e. The first-order valence-corrected chi connectivity index (χ1v) is 3.76. The van der Waals surface area contributed by atoms with E-state index in [-0.39, 0.29) is 0 Å². The van der Waals surface area contributed by atoms with Crippen molar-refractivity contribution in [3.8, 4) is 0 Å². The van der Waals surface area contributed by atoms with E-state index >= 15 is 0 Å². The highest BCUT2D eigenvalue weighted by molar-refractivity contribution is 5.30. The van der Waals surface area contributed by atoms with Crippen LogP contribution in [0.2, 0.25) is 0 Å². The zero-order valence-corrected chi connectivity index (χ0v) is 5.93. The molecule has 0 amide bonds. The highest BCUT2D eigenvalue weighted by Crippen LogP contribution is 2.17. The van der Waals surface area contributed by atoms with Gasteiger partial charge in [0, 0.05) is 18.4 Å². The molecule has 2 rings (SSSR count). The van der Waals surface area contributed by atoms with Crippen molar-refractivity contribution in [2.24, 2.45) is 0 Å². The Morgan fingerprint density at radius 3 is 3.40 bits per heavy atom. The summed E-state index contributed by atoms with van der Waals surface area (Å²) in [4.78, 5) is 0. The van der Waals surface area contributed by atoms with Gasteiger partial charge in [0.05, 0.1) is 6.54 Å². The van der Waals surface area contributed by atoms with E-state index in [1.165, 1.54) is 24.1 Å². The van der Waals surface area contributed by atoms with Crippen molar-refractivity contribution in [1.29, 1.82) is 0 Å². The van der Waals surface area contributed by atoms with Crippen molar-refractivity contribution in [3.63, 3.8) is 0 Å². The van der Waals surface area contributed by atoms with Crippen molar-refractivity contribution < 1.29 is 0 Å². The molecule has 0 bridgehead atoms. The van der Waals surface area contributed by atoms with Gasteiger partial charge in [0.2, 0.25) is 0 Å². The molecular weight excluding hydrogens is 124 g/mol. The quantitative estimate of drug-likeness (QED) is 0.521. The molecule has 0 aliphatic carbocycles. The average molecular weight is 135 g/mol. The van der Waals surface area contributed by atoms with Crippen LogP contribution in [-0.2, 0) is 0 Å². The lowest BCUT2D eigenvalue weighted by atomic mass is 10.0. The lowest BCUT2D eigenvalue weighted by Gasteiger charge is -2.22. The van der Waals surface area contributed by atoms with Crippen LogP contribution in [0.5, 0.6) is 0 Å². The van der Waals surface area contributed by atoms with Crippen LogP contribution >= 0.6 is 0 Å². The predicted octanol–water partition coefficient (Wildman–Crippen LogP) is 0.756. The Morgan fingerprint density at radius 1 is 1.50 bits per heavy atom. The van der Waals surface area contributed by atoms with Crippen molar-refractivity contribution in [2.45, 2.75) is 12.8 Å². The molecule has 2 aliphatic heterocycles. The molecule has 0 saturated carbocycles. The molecule has 1 N–H and O–H groups in total. The maximum atomic E-state index is 4.16. The summed E-state index contributed by atoms with van der Waals surface area (Å²) in [6, 6.07) is 0. The second-order valence-corrected chi connectivity index (χ2v) is 2.69. The van der Waals surface area contributed by atoms with E-state index in [2.05, 4.69) is 16.7 Å². The molecule has 0 saturated heterocycles. The minimum absolute atomic E-state index is 0.867. The summed E-state index contributed by atoms with van der Waals surface area (Å²) in [5.74, 6) is 0. The summed E-state index contributed by atoms with van der Waals surface area (Å²) in [5, 5.41) is 7.52. The molecule has 0 atom stereocenters. The molecule has 0 unspecified atom stereocenters. The SMILES string of the molecule is C1=CC2=C(C[N]1)NCCC2. The van der Waals surface area contributed by atoms with Crippen LogP contribution < -0.4 is 10.6 Å². The van der Waals surface area contributed by atoms with E-state index in [0.717, 1.165) is 13.1 Å². The fraction of sp³-hybridized carbons (Fsp3) is 0.500. The van der Waals surface area contributed by atoms with E-state index < -0.39 is 0 Å². The second kappa shape index (κ2) is 2.37. The number of allylic oxidation sites excluding steroid dienone is 2. The van der Waals surface area contributed by atoms with E-state index in [4.69, 9.17) is 0 Å². The number of nitrogens with one attached hydrogen (secondary N) is 1. The average Bonchev–Trinajstić information content (AvgIpc) is 2.05. The van der Waals surface area contributed by atoms with Crippen molar-refractivity contribution in [2.75, 3.05) is 13.1 Å². The first kappa shape index (κ1) is 5.83. The van der Waals surface area contributed by atoms with Gasteiger partial charge in [-0.25, -0.2) is 0 Å². The molecule has 2 heteroatoms. The van der Waals surface area contributed by atoms with Crippen LogP contribution in [0.15, 0.2) is 23.5 Å². The Hall–Kier alpha value is -0.920. The maximum Gasteiger partial charge on any atom is 0.0788 e. The van der Waals surface area contributed by atoms with E-state index in [1.807, 2.05) is 6.20 Å². The van der Waals surface area contributed by atoms with Crippen LogP contribution in [0.4, 0.5) is 0 Å². The van der Waals surface area contributed by atoms with Crippen LogP contribution in [0.3, 0.4) is 0 Å². The van der Waals surface area contributed by atoms with E-state index in [9.17, 15) is 0 Å². The minimum atomic E-state index is 0.867. The topological polar surface area (TPSA) is 26.1 Å². The van der Waals surface area contributed by atoms with Crippen LogP contribution in [-0.4, -0.2) is 13.1 Å². The zero-order chi connectivity index (χ0) is 6.81. The molecule has 2 aliphatic rings. The Labute approximate surface area is 61.0 Å². The first-order chi connectivity index (χ1) is 4.97. The molecule has 0 aromatic carbocycles. The Kier molecular flexibility index (Phi) is 1.38. The maximum absolute atomic E-state index is 4.16. The van der Waals surface area contributed by atoms with Gasteiger partial charge in [-0.3, -0.25) is 5.32 Å².